The average molecular weight is 302 g/mol. The highest BCUT2D eigenvalue weighted by Crippen LogP contribution is 2.20. The minimum atomic E-state index is -3.56. The number of nitro benzene ring substituents is 1. The maximum atomic E-state index is 11.1. The summed E-state index contributed by atoms with van der Waals surface area (Å²) in [5, 5.41) is 15.5. The van der Waals surface area contributed by atoms with Crippen LogP contribution in [0.2, 0.25) is 0 Å². The number of nitro groups is 1. The summed E-state index contributed by atoms with van der Waals surface area (Å²) in [7, 11) is -3.56. The molecule has 1 atom stereocenters. The van der Waals surface area contributed by atoms with Gasteiger partial charge in [-0.2, -0.15) is 0 Å². The Morgan fingerprint density at radius 1 is 1.30 bits per heavy atom. The van der Waals surface area contributed by atoms with E-state index in [0.29, 0.717) is 5.75 Å². The SMILES string of the molecule is CC(C)C(COc1ccc([N+](=O)[O-])cc1)CS(N)(=O)=O. The topological polar surface area (TPSA) is 113 Å². The fourth-order valence-corrected chi connectivity index (χ4v) is 2.68. The van der Waals surface area contributed by atoms with E-state index < -0.39 is 14.9 Å². The van der Waals surface area contributed by atoms with Crippen LogP contribution in [0.3, 0.4) is 0 Å². The van der Waals surface area contributed by atoms with E-state index in [-0.39, 0.29) is 29.9 Å². The third-order valence-electron chi connectivity index (χ3n) is 2.90. The molecule has 0 aliphatic heterocycles. The largest absolute Gasteiger partial charge is 0.493 e. The van der Waals surface area contributed by atoms with Gasteiger partial charge in [0.25, 0.3) is 5.69 Å². The first kappa shape index (κ1) is 16.4. The highest BCUT2D eigenvalue weighted by molar-refractivity contribution is 7.89. The van der Waals surface area contributed by atoms with E-state index in [2.05, 4.69) is 0 Å². The van der Waals surface area contributed by atoms with Gasteiger partial charge in [-0.3, -0.25) is 10.1 Å². The summed E-state index contributed by atoms with van der Waals surface area (Å²) in [6, 6.07) is 5.62. The first-order valence-electron chi connectivity index (χ1n) is 6.07. The normalized spacial score (nSPS) is 13.2. The number of nitrogens with zero attached hydrogens (tertiary/aromatic N) is 1. The lowest BCUT2D eigenvalue weighted by molar-refractivity contribution is -0.384. The maximum absolute atomic E-state index is 11.1. The van der Waals surface area contributed by atoms with E-state index in [0.717, 1.165) is 0 Å². The van der Waals surface area contributed by atoms with Crippen LogP contribution < -0.4 is 9.88 Å². The van der Waals surface area contributed by atoms with Crippen molar-refractivity contribution >= 4 is 15.7 Å². The van der Waals surface area contributed by atoms with Crippen LogP contribution in [0.5, 0.6) is 5.75 Å². The first-order chi connectivity index (χ1) is 9.19. The number of nitrogens with two attached hydrogens (primary N) is 1. The van der Waals surface area contributed by atoms with Crippen LogP contribution in [-0.4, -0.2) is 25.7 Å². The Kier molecular flexibility index (Phi) is 5.46. The number of primary sulfonamides is 1. The lowest BCUT2D eigenvalue weighted by Gasteiger charge is -2.20. The molecule has 0 saturated heterocycles. The summed E-state index contributed by atoms with van der Waals surface area (Å²) in [5.41, 5.74) is -0.0257. The zero-order chi connectivity index (χ0) is 15.3. The number of sulfonamides is 1. The fraction of sp³-hybridized carbons (Fsp3) is 0.500. The van der Waals surface area contributed by atoms with Crippen LogP contribution in [-0.2, 0) is 10.0 Å². The molecule has 1 aromatic carbocycles. The molecular weight excluding hydrogens is 284 g/mol. The lowest BCUT2D eigenvalue weighted by Crippen LogP contribution is -2.30. The summed E-state index contributed by atoms with van der Waals surface area (Å²) in [5.74, 6) is 0.153. The number of hydrogen-bond donors (Lipinski definition) is 1. The molecule has 0 spiro atoms. The summed E-state index contributed by atoms with van der Waals surface area (Å²) < 4.78 is 27.7. The molecule has 1 rings (SSSR count). The summed E-state index contributed by atoms with van der Waals surface area (Å²) >= 11 is 0. The van der Waals surface area contributed by atoms with Crippen LogP contribution in [0, 0.1) is 22.0 Å². The smallest absolute Gasteiger partial charge is 0.269 e. The molecule has 20 heavy (non-hydrogen) atoms. The lowest BCUT2D eigenvalue weighted by atomic mass is 9.99. The number of benzene rings is 1. The predicted molar refractivity (Wildman–Crippen MR) is 74.9 cm³/mol. The first-order valence-corrected chi connectivity index (χ1v) is 7.78. The van der Waals surface area contributed by atoms with E-state index in [9.17, 15) is 18.5 Å². The van der Waals surface area contributed by atoms with Crippen LogP contribution in [0.25, 0.3) is 0 Å². The Morgan fingerprint density at radius 3 is 2.25 bits per heavy atom. The Balaban J connectivity index is 2.65. The molecule has 8 heteroatoms. The minimum Gasteiger partial charge on any atom is -0.493 e. The number of non-ortho nitro benzene ring substituents is 1. The Hall–Kier alpha value is -1.67. The molecule has 0 heterocycles. The van der Waals surface area contributed by atoms with Crippen molar-refractivity contribution in [2.24, 2.45) is 17.0 Å². The Labute approximate surface area is 117 Å². The molecule has 1 aromatic rings. The van der Waals surface area contributed by atoms with Crippen molar-refractivity contribution in [3.63, 3.8) is 0 Å². The molecule has 0 amide bonds. The molecule has 0 bridgehead atoms. The summed E-state index contributed by atoms with van der Waals surface area (Å²) in [4.78, 5) is 10.0. The second-order valence-corrected chi connectivity index (χ2v) is 6.55. The zero-order valence-electron chi connectivity index (χ0n) is 11.4. The van der Waals surface area contributed by atoms with E-state index >= 15 is 0 Å². The quantitative estimate of drug-likeness (QED) is 0.606. The predicted octanol–water partition coefficient (Wildman–Crippen LogP) is 1.53. The average Bonchev–Trinajstić information content (AvgIpc) is 2.33. The van der Waals surface area contributed by atoms with Crippen molar-refractivity contribution in [1.29, 1.82) is 0 Å². The van der Waals surface area contributed by atoms with Crippen LogP contribution in [0.4, 0.5) is 5.69 Å². The molecule has 0 aliphatic rings. The maximum Gasteiger partial charge on any atom is 0.269 e. The van der Waals surface area contributed by atoms with Crippen molar-refractivity contribution in [2.75, 3.05) is 12.4 Å². The van der Waals surface area contributed by atoms with Gasteiger partial charge in [0.1, 0.15) is 5.75 Å². The van der Waals surface area contributed by atoms with Gasteiger partial charge < -0.3 is 4.74 Å². The fourth-order valence-electron chi connectivity index (χ4n) is 1.60. The molecule has 0 radical (unpaired) electrons. The summed E-state index contributed by atoms with van der Waals surface area (Å²) in [6.45, 7) is 3.95. The number of ether oxygens (including phenoxy) is 1. The molecule has 7 nitrogen and oxygen atoms in total. The summed E-state index contributed by atoms with van der Waals surface area (Å²) in [6.07, 6.45) is 0. The van der Waals surface area contributed by atoms with Crippen molar-refractivity contribution in [1.82, 2.24) is 0 Å². The molecule has 0 fully saturated rings. The van der Waals surface area contributed by atoms with Crippen molar-refractivity contribution < 1.29 is 18.1 Å². The molecule has 0 saturated carbocycles. The van der Waals surface area contributed by atoms with Crippen LogP contribution in [0.15, 0.2) is 24.3 Å². The molecule has 1 unspecified atom stereocenters. The molecular formula is C12H18N2O5S. The minimum absolute atomic E-state index is 0.0257. The Morgan fingerprint density at radius 2 is 1.85 bits per heavy atom. The van der Waals surface area contributed by atoms with Gasteiger partial charge in [0.2, 0.25) is 10.0 Å². The molecule has 2 N–H and O–H groups in total. The van der Waals surface area contributed by atoms with Gasteiger partial charge in [0.15, 0.2) is 0 Å². The third kappa shape index (κ3) is 5.54. The standard InChI is InChI=1S/C12H18N2O5S/c1-9(2)10(8-20(13,17)18)7-19-12-5-3-11(4-6-12)14(15)16/h3-6,9-10H,7-8H2,1-2H3,(H2,13,17,18). The van der Waals surface area contributed by atoms with Crippen molar-refractivity contribution in [3.8, 4) is 5.75 Å². The van der Waals surface area contributed by atoms with Gasteiger partial charge in [0.05, 0.1) is 17.3 Å². The van der Waals surface area contributed by atoms with Gasteiger partial charge in [0, 0.05) is 18.1 Å². The number of rotatable bonds is 7. The van der Waals surface area contributed by atoms with Crippen LogP contribution in [0.1, 0.15) is 13.8 Å². The number of hydrogen-bond acceptors (Lipinski definition) is 5. The molecule has 112 valence electrons. The molecule has 0 aromatic heterocycles. The van der Waals surface area contributed by atoms with Gasteiger partial charge in [-0.25, -0.2) is 13.6 Å². The Bertz CT molecular complexity index is 554. The third-order valence-corrected chi connectivity index (χ3v) is 3.79. The molecule has 0 aliphatic carbocycles. The zero-order valence-corrected chi connectivity index (χ0v) is 12.2. The second-order valence-electron chi connectivity index (χ2n) is 4.90. The van der Waals surface area contributed by atoms with Gasteiger partial charge in [-0.1, -0.05) is 13.8 Å². The monoisotopic (exact) mass is 302 g/mol. The van der Waals surface area contributed by atoms with E-state index in [1.165, 1.54) is 24.3 Å². The highest BCUT2D eigenvalue weighted by atomic mass is 32.2. The van der Waals surface area contributed by atoms with E-state index in [1.807, 2.05) is 13.8 Å². The van der Waals surface area contributed by atoms with Gasteiger partial charge >= 0.3 is 0 Å². The van der Waals surface area contributed by atoms with Gasteiger partial charge in [-0.05, 0) is 18.1 Å². The second kappa shape index (κ2) is 6.67. The van der Waals surface area contributed by atoms with E-state index in [1.54, 1.807) is 0 Å². The van der Waals surface area contributed by atoms with Crippen LogP contribution >= 0.6 is 0 Å². The highest BCUT2D eigenvalue weighted by Gasteiger charge is 2.20. The van der Waals surface area contributed by atoms with Crippen molar-refractivity contribution in [3.05, 3.63) is 34.4 Å². The van der Waals surface area contributed by atoms with Crippen molar-refractivity contribution in [2.45, 2.75) is 13.8 Å². The van der Waals surface area contributed by atoms with Gasteiger partial charge in [-0.15, -0.1) is 0 Å². The van der Waals surface area contributed by atoms with E-state index in [4.69, 9.17) is 9.88 Å².